The number of hydrogen-bond donors (Lipinski definition) is 0. The summed E-state index contributed by atoms with van der Waals surface area (Å²) in [7, 11) is 0. The van der Waals surface area contributed by atoms with Gasteiger partial charge in [0, 0.05) is 39.0 Å². The zero-order valence-corrected chi connectivity index (χ0v) is 30.9. The first kappa shape index (κ1) is 32.7. The summed E-state index contributed by atoms with van der Waals surface area (Å²) < 4.78 is 6.44. The summed E-state index contributed by atoms with van der Waals surface area (Å²) >= 11 is 0. The first-order chi connectivity index (χ1) is 27.0. The Kier molecular flexibility index (Phi) is 7.85. The summed E-state index contributed by atoms with van der Waals surface area (Å²) in [5.74, 6) is 1.01. The molecule has 1 aromatic heterocycles. The molecule has 0 fully saturated rings. The van der Waals surface area contributed by atoms with Crippen LogP contribution >= 0.6 is 0 Å². The van der Waals surface area contributed by atoms with E-state index >= 15 is 0 Å². The Hall–Kier alpha value is -6.90. The number of benzene rings is 8. The molecule has 9 aromatic rings. The molecule has 0 aliphatic heterocycles. The number of nitrogens with zero attached hydrogens (tertiary/aromatic N) is 1. The molecule has 0 atom stereocenters. The molecule has 2 nitrogen and oxygen atoms in total. The standard InChI is InChI=1S/C53H39NO/c1-53(2)49-35-43(27-32-47(49)52-51(53)48-21-9-10-22-50(48)55-52)41-18-11-17-40(33-41)42-19-12-20-46(34-42)54(44-28-23-38(24-29-44)36-13-5-3-6-14-36)45-30-25-39(26-31-45)37-15-7-4-8-16-37/h3-35H,1-2H3. The van der Waals surface area contributed by atoms with Crippen molar-refractivity contribution in [2.45, 2.75) is 19.3 Å². The Morgan fingerprint density at radius 3 is 1.47 bits per heavy atom. The van der Waals surface area contributed by atoms with E-state index in [1.165, 1.54) is 66.6 Å². The molecule has 1 aliphatic carbocycles. The van der Waals surface area contributed by atoms with Crippen molar-refractivity contribution >= 4 is 28.0 Å². The predicted molar refractivity (Wildman–Crippen MR) is 230 cm³/mol. The van der Waals surface area contributed by atoms with Crippen LogP contribution in [0.4, 0.5) is 17.1 Å². The van der Waals surface area contributed by atoms with Crippen LogP contribution in [0.15, 0.2) is 205 Å². The van der Waals surface area contributed by atoms with E-state index in [2.05, 4.69) is 213 Å². The van der Waals surface area contributed by atoms with Gasteiger partial charge in [0.05, 0.1) is 0 Å². The van der Waals surface area contributed by atoms with Crippen LogP contribution in [-0.2, 0) is 5.41 Å². The highest BCUT2D eigenvalue weighted by Crippen LogP contribution is 2.53. The second-order valence-electron chi connectivity index (χ2n) is 15.0. The lowest BCUT2D eigenvalue weighted by molar-refractivity contribution is 0.619. The van der Waals surface area contributed by atoms with Crippen LogP contribution in [0, 0.1) is 0 Å². The number of para-hydroxylation sites is 1. The Labute approximate surface area is 322 Å². The number of furan rings is 1. The van der Waals surface area contributed by atoms with E-state index in [1.54, 1.807) is 0 Å². The van der Waals surface area contributed by atoms with Gasteiger partial charge in [-0.05, 0) is 105 Å². The third kappa shape index (κ3) is 5.75. The summed E-state index contributed by atoms with van der Waals surface area (Å²) in [5.41, 5.74) is 17.4. The maximum Gasteiger partial charge on any atom is 0.139 e. The quantitative estimate of drug-likeness (QED) is 0.164. The molecule has 55 heavy (non-hydrogen) atoms. The maximum absolute atomic E-state index is 6.44. The van der Waals surface area contributed by atoms with Crippen LogP contribution in [0.2, 0.25) is 0 Å². The Bertz CT molecular complexity index is 2730. The number of anilines is 3. The highest BCUT2D eigenvalue weighted by atomic mass is 16.3. The summed E-state index contributed by atoms with van der Waals surface area (Å²) in [6.45, 7) is 4.64. The average Bonchev–Trinajstić information content (AvgIpc) is 3.75. The molecule has 1 aliphatic rings. The van der Waals surface area contributed by atoms with Crippen LogP contribution in [0.3, 0.4) is 0 Å². The molecule has 0 unspecified atom stereocenters. The molecule has 0 radical (unpaired) electrons. The minimum atomic E-state index is -0.165. The third-order valence-electron chi connectivity index (χ3n) is 11.3. The minimum absolute atomic E-state index is 0.165. The normalized spacial score (nSPS) is 12.7. The van der Waals surface area contributed by atoms with Gasteiger partial charge in [-0.15, -0.1) is 0 Å². The van der Waals surface area contributed by atoms with Crippen molar-refractivity contribution in [2.75, 3.05) is 4.90 Å². The van der Waals surface area contributed by atoms with Crippen molar-refractivity contribution in [1.82, 2.24) is 0 Å². The van der Waals surface area contributed by atoms with Crippen LogP contribution in [0.5, 0.6) is 0 Å². The van der Waals surface area contributed by atoms with Gasteiger partial charge in [0.25, 0.3) is 0 Å². The van der Waals surface area contributed by atoms with Crippen molar-refractivity contribution in [3.63, 3.8) is 0 Å². The monoisotopic (exact) mass is 705 g/mol. The van der Waals surface area contributed by atoms with Crippen LogP contribution in [-0.4, -0.2) is 0 Å². The second-order valence-corrected chi connectivity index (χ2v) is 15.0. The Morgan fingerprint density at radius 1 is 0.382 bits per heavy atom. The van der Waals surface area contributed by atoms with E-state index in [1.807, 2.05) is 6.07 Å². The fraction of sp³-hybridized carbons (Fsp3) is 0.0566. The SMILES string of the molecule is CC1(C)c2cc(-c3cccc(-c4cccc(N(c5ccc(-c6ccccc6)cc5)c5ccc(-c6ccccc6)cc5)c4)c3)ccc2-c2oc3ccccc3c21. The lowest BCUT2D eigenvalue weighted by Gasteiger charge is -2.26. The minimum Gasteiger partial charge on any atom is -0.456 e. The van der Waals surface area contributed by atoms with Crippen LogP contribution < -0.4 is 4.90 Å². The van der Waals surface area contributed by atoms with Gasteiger partial charge < -0.3 is 9.32 Å². The van der Waals surface area contributed by atoms with Gasteiger partial charge in [0.1, 0.15) is 11.3 Å². The number of hydrogen-bond acceptors (Lipinski definition) is 2. The van der Waals surface area contributed by atoms with Crippen molar-refractivity contribution in [1.29, 1.82) is 0 Å². The molecule has 0 spiro atoms. The van der Waals surface area contributed by atoms with Gasteiger partial charge in [0.15, 0.2) is 0 Å². The first-order valence-electron chi connectivity index (χ1n) is 19.0. The van der Waals surface area contributed by atoms with Gasteiger partial charge in [-0.3, -0.25) is 0 Å². The Morgan fingerprint density at radius 2 is 0.855 bits per heavy atom. The van der Waals surface area contributed by atoms with Crippen molar-refractivity contribution in [2.24, 2.45) is 0 Å². The molecule has 8 aromatic carbocycles. The molecule has 10 rings (SSSR count). The highest BCUT2D eigenvalue weighted by molar-refractivity contribution is 5.95. The van der Waals surface area contributed by atoms with Crippen LogP contribution in [0.25, 0.3) is 66.8 Å². The molecule has 0 saturated heterocycles. The molecule has 262 valence electrons. The van der Waals surface area contributed by atoms with E-state index in [0.29, 0.717) is 0 Å². The van der Waals surface area contributed by atoms with Crippen molar-refractivity contribution in [3.8, 4) is 55.8 Å². The summed E-state index contributed by atoms with van der Waals surface area (Å²) in [6, 6.07) is 72.0. The smallest absolute Gasteiger partial charge is 0.139 e. The van der Waals surface area contributed by atoms with E-state index in [9.17, 15) is 0 Å². The molecule has 0 saturated carbocycles. The average molecular weight is 706 g/mol. The van der Waals surface area contributed by atoms with Gasteiger partial charge in [-0.25, -0.2) is 0 Å². The van der Waals surface area contributed by atoms with E-state index in [-0.39, 0.29) is 5.41 Å². The molecule has 2 heteroatoms. The zero-order valence-electron chi connectivity index (χ0n) is 30.9. The second kappa shape index (κ2) is 13.2. The topological polar surface area (TPSA) is 16.4 Å². The largest absolute Gasteiger partial charge is 0.456 e. The highest BCUT2D eigenvalue weighted by Gasteiger charge is 2.40. The molecule has 1 heterocycles. The fourth-order valence-electron chi connectivity index (χ4n) is 8.45. The number of rotatable bonds is 7. The lowest BCUT2D eigenvalue weighted by atomic mass is 9.80. The summed E-state index contributed by atoms with van der Waals surface area (Å²) in [6.07, 6.45) is 0. The fourth-order valence-corrected chi connectivity index (χ4v) is 8.45. The Balaban J connectivity index is 1.02. The molecule has 0 amide bonds. The molecular formula is C53H39NO. The number of fused-ring (bicyclic) bond motifs is 5. The molecule has 0 bridgehead atoms. The van der Waals surface area contributed by atoms with Crippen molar-refractivity contribution < 1.29 is 4.42 Å². The van der Waals surface area contributed by atoms with E-state index in [4.69, 9.17) is 4.42 Å². The zero-order chi connectivity index (χ0) is 36.9. The predicted octanol–water partition coefficient (Wildman–Crippen LogP) is 14.9. The van der Waals surface area contributed by atoms with Gasteiger partial charge in [-0.1, -0.05) is 159 Å². The molecule has 0 N–H and O–H groups in total. The lowest BCUT2D eigenvalue weighted by Crippen LogP contribution is -2.15. The maximum atomic E-state index is 6.44. The van der Waals surface area contributed by atoms with Crippen LogP contribution in [0.1, 0.15) is 25.0 Å². The van der Waals surface area contributed by atoms with E-state index < -0.39 is 0 Å². The summed E-state index contributed by atoms with van der Waals surface area (Å²) in [5, 5.41) is 1.20. The van der Waals surface area contributed by atoms with Gasteiger partial charge in [-0.2, -0.15) is 0 Å². The van der Waals surface area contributed by atoms with E-state index in [0.717, 1.165) is 28.4 Å². The van der Waals surface area contributed by atoms with Crippen molar-refractivity contribution in [3.05, 3.63) is 211 Å². The summed E-state index contributed by atoms with van der Waals surface area (Å²) in [4.78, 5) is 2.35. The molecular weight excluding hydrogens is 667 g/mol. The first-order valence-corrected chi connectivity index (χ1v) is 19.0. The third-order valence-corrected chi connectivity index (χ3v) is 11.3. The van der Waals surface area contributed by atoms with Gasteiger partial charge in [0.2, 0.25) is 0 Å². The van der Waals surface area contributed by atoms with Gasteiger partial charge >= 0.3 is 0 Å².